The van der Waals surface area contributed by atoms with Crippen molar-refractivity contribution in [2.45, 2.75) is 37.8 Å². The largest absolute Gasteiger partial charge is 0.383 e. The van der Waals surface area contributed by atoms with Crippen LogP contribution in [-0.2, 0) is 12.8 Å². The van der Waals surface area contributed by atoms with Crippen molar-refractivity contribution in [2.24, 2.45) is 0 Å². The molecule has 7 rings (SSSR count). The molecule has 0 saturated carbocycles. The van der Waals surface area contributed by atoms with Crippen molar-refractivity contribution < 1.29 is 0 Å². The van der Waals surface area contributed by atoms with Crippen molar-refractivity contribution in [3.63, 3.8) is 0 Å². The fourth-order valence-electron chi connectivity index (χ4n) is 5.69. The highest BCUT2D eigenvalue weighted by Gasteiger charge is 2.26. The Morgan fingerprint density at radius 1 is 0.919 bits per heavy atom. The number of nitrogens with one attached hydrogen (secondary N) is 2. The molecule has 5 heterocycles. The average molecular weight is 492 g/mol. The predicted octanol–water partition coefficient (Wildman–Crippen LogP) is 3.06. The van der Waals surface area contributed by atoms with Gasteiger partial charge in [-0.05, 0) is 92.4 Å². The van der Waals surface area contributed by atoms with Crippen molar-refractivity contribution in [3.8, 4) is 22.9 Å². The summed E-state index contributed by atoms with van der Waals surface area (Å²) in [5.41, 5.74) is 12.5. The molecular formula is C28H29N9. The van der Waals surface area contributed by atoms with Gasteiger partial charge in [-0.1, -0.05) is 6.07 Å². The number of piperidine rings is 1. The Morgan fingerprint density at radius 2 is 1.81 bits per heavy atom. The lowest BCUT2D eigenvalue weighted by Gasteiger charge is -2.27. The molecule has 186 valence electrons. The summed E-state index contributed by atoms with van der Waals surface area (Å²) in [4.78, 5) is 14.3. The second-order valence-corrected chi connectivity index (χ2v) is 9.92. The number of nitrogen functional groups attached to an aromatic ring is 1. The molecule has 1 saturated heterocycles. The molecule has 2 aliphatic rings. The number of hydrogen-bond donors (Lipinski definition) is 3. The number of nitrogens with zero attached hydrogens (tertiary/aromatic N) is 6. The Morgan fingerprint density at radius 3 is 2.65 bits per heavy atom. The zero-order valence-electron chi connectivity index (χ0n) is 20.5. The van der Waals surface area contributed by atoms with Gasteiger partial charge in [-0.15, -0.1) is 0 Å². The van der Waals surface area contributed by atoms with Crippen LogP contribution in [0.4, 0.5) is 5.82 Å². The number of anilines is 1. The van der Waals surface area contributed by atoms with Crippen LogP contribution in [0, 0.1) is 0 Å². The number of fused-ring (bicyclic) bond motifs is 2. The molecule has 1 atom stereocenters. The lowest BCUT2D eigenvalue weighted by atomic mass is 10.0. The van der Waals surface area contributed by atoms with E-state index in [1.165, 1.54) is 24.0 Å². The van der Waals surface area contributed by atoms with Gasteiger partial charge in [-0.2, -0.15) is 5.10 Å². The third-order valence-corrected chi connectivity index (χ3v) is 7.50. The topological polar surface area (TPSA) is 112 Å². The van der Waals surface area contributed by atoms with Gasteiger partial charge in [0.1, 0.15) is 11.3 Å². The van der Waals surface area contributed by atoms with Gasteiger partial charge in [-0.25, -0.2) is 19.6 Å². The third-order valence-electron chi connectivity index (χ3n) is 7.50. The number of pyridine rings is 2. The van der Waals surface area contributed by atoms with Crippen LogP contribution in [0.25, 0.3) is 34.1 Å². The smallest absolute Gasteiger partial charge is 0.167 e. The average Bonchev–Trinajstić information content (AvgIpc) is 3.67. The van der Waals surface area contributed by atoms with Crippen LogP contribution in [0.5, 0.6) is 0 Å². The monoisotopic (exact) mass is 491 g/mol. The molecule has 0 spiro atoms. The van der Waals surface area contributed by atoms with Crippen LogP contribution in [0.15, 0.2) is 67.1 Å². The van der Waals surface area contributed by atoms with Gasteiger partial charge in [0.15, 0.2) is 17.3 Å². The Bertz CT molecular complexity index is 1560. The summed E-state index contributed by atoms with van der Waals surface area (Å²) in [6, 6.07) is 17.5. The van der Waals surface area contributed by atoms with Crippen molar-refractivity contribution in [3.05, 3.63) is 78.2 Å². The summed E-state index contributed by atoms with van der Waals surface area (Å²) in [7, 11) is 0. The number of nitrogens with two attached hydrogens (primary N) is 1. The van der Waals surface area contributed by atoms with E-state index in [9.17, 15) is 0 Å². The van der Waals surface area contributed by atoms with E-state index in [2.05, 4.69) is 43.5 Å². The van der Waals surface area contributed by atoms with E-state index in [1.54, 1.807) is 17.1 Å². The predicted molar refractivity (Wildman–Crippen MR) is 144 cm³/mol. The first kappa shape index (κ1) is 22.1. The molecule has 9 heteroatoms. The van der Waals surface area contributed by atoms with Crippen molar-refractivity contribution in [2.75, 3.05) is 18.8 Å². The molecule has 4 aromatic heterocycles. The fraction of sp³-hybridized carbons (Fsp3) is 0.286. The highest BCUT2D eigenvalue weighted by molar-refractivity contribution is 5.83. The Hall–Kier alpha value is -4.08. The summed E-state index contributed by atoms with van der Waals surface area (Å²) < 4.78 is 3.86. The van der Waals surface area contributed by atoms with Gasteiger partial charge >= 0.3 is 0 Å². The van der Waals surface area contributed by atoms with Crippen molar-refractivity contribution in [1.82, 2.24) is 39.9 Å². The maximum absolute atomic E-state index is 6.31. The number of rotatable bonds is 5. The molecular weight excluding hydrogens is 462 g/mol. The maximum Gasteiger partial charge on any atom is 0.167 e. The molecule has 0 unspecified atom stereocenters. The normalized spacial score (nSPS) is 17.9. The van der Waals surface area contributed by atoms with Crippen LogP contribution >= 0.6 is 0 Å². The van der Waals surface area contributed by atoms with E-state index in [4.69, 9.17) is 15.7 Å². The van der Waals surface area contributed by atoms with Crippen LogP contribution in [0.1, 0.15) is 24.0 Å². The van der Waals surface area contributed by atoms with Crippen LogP contribution in [0.3, 0.4) is 0 Å². The molecule has 1 fully saturated rings. The van der Waals surface area contributed by atoms with E-state index in [-0.39, 0.29) is 0 Å². The van der Waals surface area contributed by atoms with Gasteiger partial charge in [0.25, 0.3) is 0 Å². The summed E-state index contributed by atoms with van der Waals surface area (Å²) in [6.45, 7) is 2.20. The van der Waals surface area contributed by atoms with Crippen molar-refractivity contribution >= 4 is 17.0 Å². The fourth-order valence-corrected chi connectivity index (χ4v) is 5.69. The highest BCUT2D eigenvalue weighted by Crippen LogP contribution is 2.33. The van der Waals surface area contributed by atoms with Crippen LogP contribution in [0.2, 0.25) is 0 Å². The van der Waals surface area contributed by atoms with E-state index >= 15 is 0 Å². The number of benzene rings is 1. The third kappa shape index (κ3) is 4.06. The number of imidazole rings is 1. The first-order chi connectivity index (χ1) is 18.2. The van der Waals surface area contributed by atoms with Gasteiger partial charge in [0.05, 0.1) is 5.56 Å². The summed E-state index contributed by atoms with van der Waals surface area (Å²) in [5.74, 6) is 1.91. The van der Waals surface area contributed by atoms with E-state index in [0.29, 0.717) is 17.9 Å². The summed E-state index contributed by atoms with van der Waals surface area (Å²) in [6.07, 6.45) is 9.81. The zero-order valence-corrected chi connectivity index (χ0v) is 20.5. The first-order valence-electron chi connectivity index (χ1n) is 12.9. The van der Waals surface area contributed by atoms with E-state index < -0.39 is 0 Å². The summed E-state index contributed by atoms with van der Waals surface area (Å²) >= 11 is 0. The SMILES string of the molecule is Nc1ncccc1-c1nc2ccc(-n3cccn3)nc2n1-c1ccc2c(c1)C[C@@H](NC1CCNCC1)C2. The van der Waals surface area contributed by atoms with Crippen LogP contribution < -0.4 is 16.4 Å². The minimum absolute atomic E-state index is 0.443. The van der Waals surface area contributed by atoms with E-state index in [1.807, 2.05) is 36.5 Å². The van der Waals surface area contributed by atoms with Crippen LogP contribution in [-0.4, -0.2) is 54.5 Å². The van der Waals surface area contributed by atoms with Gasteiger partial charge in [-0.3, -0.25) is 4.57 Å². The number of hydrogen-bond acceptors (Lipinski definition) is 7. The molecule has 37 heavy (non-hydrogen) atoms. The van der Waals surface area contributed by atoms with Gasteiger partial charge in [0, 0.05) is 36.4 Å². The Labute approximate surface area is 214 Å². The van der Waals surface area contributed by atoms with Gasteiger partial charge in [0.2, 0.25) is 0 Å². The zero-order chi connectivity index (χ0) is 24.8. The lowest BCUT2D eigenvalue weighted by Crippen LogP contribution is -2.45. The minimum atomic E-state index is 0.443. The standard InChI is InChI=1S/C28H29N9/c29-26-23(3-1-10-31-26)27-34-24-6-7-25(36-14-2-11-32-36)35-28(24)37(27)22-5-4-18-15-21(16-19(18)17-22)33-20-8-12-30-13-9-20/h1-7,10-11,14,17,20-21,30,33H,8-9,12-13,15-16H2,(H2,29,31)/t21-/m0/s1. The number of aromatic nitrogens is 6. The molecule has 1 aromatic carbocycles. The Balaban J connectivity index is 1.31. The highest BCUT2D eigenvalue weighted by atomic mass is 15.3. The molecule has 0 amide bonds. The van der Waals surface area contributed by atoms with Gasteiger partial charge < -0.3 is 16.4 Å². The molecule has 0 bridgehead atoms. The summed E-state index contributed by atoms with van der Waals surface area (Å²) in [5, 5.41) is 11.7. The molecule has 1 aliphatic heterocycles. The lowest BCUT2D eigenvalue weighted by molar-refractivity contribution is 0.351. The molecule has 5 aromatic rings. The molecule has 4 N–H and O–H groups in total. The first-order valence-corrected chi connectivity index (χ1v) is 12.9. The second-order valence-electron chi connectivity index (χ2n) is 9.92. The minimum Gasteiger partial charge on any atom is -0.383 e. The van der Waals surface area contributed by atoms with Crippen molar-refractivity contribution in [1.29, 1.82) is 0 Å². The van der Waals surface area contributed by atoms with E-state index in [0.717, 1.165) is 60.0 Å². The maximum atomic E-state index is 6.31. The molecule has 1 aliphatic carbocycles. The quantitative estimate of drug-likeness (QED) is 0.346. The second kappa shape index (κ2) is 9.10. The Kier molecular flexibility index (Phi) is 5.44. The molecule has 9 nitrogen and oxygen atoms in total. The molecule has 0 radical (unpaired) electrons.